The second-order valence-corrected chi connectivity index (χ2v) is 13.0. The Balaban J connectivity index is 1.15. The Morgan fingerprint density at radius 3 is 1.44 bits per heavy atom. The number of benzene rings is 9. The first kappa shape index (κ1) is 29.8. The van der Waals surface area contributed by atoms with Crippen molar-refractivity contribution in [1.29, 1.82) is 0 Å². The maximum absolute atomic E-state index is 7.00. The first-order valence-corrected chi connectivity index (χ1v) is 17.5. The van der Waals surface area contributed by atoms with Gasteiger partial charge in [0.1, 0.15) is 11.5 Å². The summed E-state index contributed by atoms with van der Waals surface area (Å²) in [6, 6.07) is 67.7. The second kappa shape index (κ2) is 12.4. The third kappa shape index (κ3) is 5.09. The maximum atomic E-state index is 7.00. The van der Waals surface area contributed by atoms with Crippen molar-refractivity contribution >= 4 is 66.4 Å². The van der Waals surface area contributed by atoms with Crippen molar-refractivity contribution in [3.8, 4) is 23.0 Å². The zero-order valence-corrected chi connectivity index (χ0v) is 28.2. The average molecular weight is 669 g/mol. The molecule has 9 aromatic rings. The van der Waals surface area contributed by atoms with E-state index in [0.717, 1.165) is 61.8 Å². The summed E-state index contributed by atoms with van der Waals surface area (Å²) in [6.07, 6.45) is 0. The van der Waals surface area contributed by atoms with E-state index in [2.05, 4.69) is 180 Å². The zero-order valence-electron chi connectivity index (χ0n) is 28.2. The van der Waals surface area contributed by atoms with Crippen molar-refractivity contribution in [2.75, 3.05) is 9.80 Å². The molecule has 9 aromatic carbocycles. The number of rotatable bonds is 6. The lowest BCUT2D eigenvalue weighted by Crippen LogP contribution is -2.11. The highest BCUT2D eigenvalue weighted by molar-refractivity contribution is 6.03. The minimum absolute atomic E-state index is 0.643. The second-order valence-electron chi connectivity index (χ2n) is 13.0. The highest BCUT2D eigenvalue weighted by Crippen LogP contribution is 2.51. The molecule has 0 amide bonds. The molecule has 0 aliphatic carbocycles. The molecule has 0 aromatic heterocycles. The lowest BCUT2D eigenvalue weighted by atomic mass is 10.0. The van der Waals surface area contributed by atoms with E-state index in [1.165, 1.54) is 16.2 Å². The number of para-hydroxylation sites is 2. The summed E-state index contributed by atoms with van der Waals surface area (Å²) < 4.78 is 13.7. The number of nitrogens with zero attached hydrogens (tertiary/aromatic N) is 2. The Morgan fingerprint density at radius 1 is 0.288 bits per heavy atom. The number of hydrogen-bond donors (Lipinski definition) is 0. The van der Waals surface area contributed by atoms with Gasteiger partial charge in [-0.25, -0.2) is 0 Å². The molecular weight excluding hydrogens is 637 g/mol. The molecule has 0 spiro atoms. The largest absolute Gasteiger partial charge is 0.453 e. The lowest BCUT2D eigenvalue weighted by Gasteiger charge is -2.28. The molecule has 0 fully saturated rings. The van der Waals surface area contributed by atoms with E-state index in [1.54, 1.807) is 0 Å². The number of anilines is 6. The van der Waals surface area contributed by atoms with Crippen LogP contribution in [0.1, 0.15) is 0 Å². The monoisotopic (exact) mass is 668 g/mol. The molecule has 0 unspecified atom stereocenters. The molecule has 0 saturated heterocycles. The predicted molar refractivity (Wildman–Crippen MR) is 215 cm³/mol. The summed E-state index contributed by atoms with van der Waals surface area (Å²) in [4.78, 5) is 4.60. The minimum atomic E-state index is 0.643. The van der Waals surface area contributed by atoms with Gasteiger partial charge in [0.15, 0.2) is 11.5 Å². The molecule has 10 rings (SSSR count). The van der Waals surface area contributed by atoms with Crippen LogP contribution in [-0.2, 0) is 0 Å². The number of fused-ring (bicyclic) bond motifs is 3. The Hall–Kier alpha value is -7.04. The first-order chi connectivity index (χ1) is 25.8. The van der Waals surface area contributed by atoms with Crippen LogP contribution in [0, 0.1) is 0 Å². The molecule has 4 heteroatoms. The van der Waals surface area contributed by atoms with Crippen LogP contribution in [0.2, 0.25) is 0 Å². The van der Waals surface area contributed by atoms with Gasteiger partial charge in [-0.2, -0.15) is 0 Å². The zero-order chi connectivity index (χ0) is 34.4. The van der Waals surface area contributed by atoms with E-state index < -0.39 is 0 Å². The Labute approximate surface area is 302 Å². The van der Waals surface area contributed by atoms with Crippen LogP contribution in [0.15, 0.2) is 194 Å². The molecule has 4 nitrogen and oxygen atoms in total. The summed E-state index contributed by atoms with van der Waals surface area (Å²) in [5, 5.41) is 6.66. The number of hydrogen-bond acceptors (Lipinski definition) is 4. The van der Waals surface area contributed by atoms with Crippen LogP contribution < -0.4 is 19.3 Å². The Kier molecular flexibility index (Phi) is 7.10. The van der Waals surface area contributed by atoms with Gasteiger partial charge >= 0.3 is 0 Å². The van der Waals surface area contributed by atoms with Crippen molar-refractivity contribution in [2.45, 2.75) is 0 Å². The van der Waals surface area contributed by atoms with E-state index in [-0.39, 0.29) is 0 Å². The predicted octanol–water partition coefficient (Wildman–Crippen LogP) is 14.0. The van der Waals surface area contributed by atoms with Gasteiger partial charge in [-0.3, -0.25) is 0 Å². The third-order valence-corrected chi connectivity index (χ3v) is 9.81. The summed E-state index contributed by atoms with van der Waals surface area (Å²) in [7, 11) is 0. The topological polar surface area (TPSA) is 24.9 Å². The molecule has 0 radical (unpaired) electrons. The smallest absolute Gasteiger partial charge is 0.172 e. The number of ether oxygens (including phenoxy) is 2. The van der Waals surface area contributed by atoms with E-state index in [1.807, 2.05) is 24.3 Å². The summed E-state index contributed by atoms with van der Waals surface area (Å²) in [5.74, 6) is 2.80. The van der Waals surface area contributed by atoms with Gasteiger partial charge in [0.25, 0.3) is 0 Å². The highest BCUT2D eigenvalue weighted by atomic mass is 16.5. The summed E-state index contributed by atoms with van der Waals surface area (Å²) >= 11 is 0. The Bertz CT molecular complexity index is 2750. The highest BCUT2D eigenvalue weighted by Gasteiger charge is 2.25. The quantitative estimate of drug-likeness (QED) is 0.176. The van der Waals surface area contributed by atoms with Gasteiger partial charge in [0.2, 0.25) is 0 Å². The van der Waals surface area contributed by atoms with E-state index in [4.69, 9.17) is 9.47 Å². The molecule has 1 aliphatic rings. The molecule has 1 heterocycles. The van der Waals surface area contributed by atoms with Gasteiger partial charge in [-0.15, -0.1) is 0 Å². The van der Waals surface area contributed by atoms with Crippen LogP contribution in [0.4, 0.5) is 34.1 Å². The van der Waals surface area contributed by atoms with E-state index >= 15 is 0 Å². The lowest BCUT2D eigenvalue weighted by molar-refractivity contribution is 0.439. The van der Waals surface area contributed by atoms with Crippen LogP contribution in [-0.4, -0.2) is 0 Å². The maximum Gasteiger partial charge on any atom is 0.172 e. The summed E-state index contributed by atoms with van der Waals surface area (Å²) in [6.45, 7) is 0. The standard InChI is InChI=1S/C48H32N2O2/c1-3-19-36(20-4-1)49(42-25-11-16-33-14-7-9-23-40(33)42)38-28-29-44-46(31-38)52-47-32-39(30-35-18-13-27-45(51-44)48(35)47)50(37-21-5-2-6-22-37)43-26-12-17-34-15-8-10-24-41(34)43/h1-32H. The SMILES string of the molecule is c1ccc(N(c2ccc3c(c2)Oc2cc(N(c4ccccc4)c4cccc5ccccc45)cc4cccc(c24)O3)c2cccc3ccccc23)cc1. The van der Waals surface area contributed by atoms with Crippen molar-refractivity contribution in [3.05, 3.63) is 194 Å². The van der Waals surface area contributed by atoms with Crippen LogP contribution >= 0.6 is 0 Å². The minimum Gasteiger partial charge on any atom is -0.453 e. The fourth-order valence-electron chi connectivity index (χ4n) is 7.49. The molecule has 0 atom stereocenters. The molecule has 0 N–H and O–H groups in total. The summed E-state index contributed by atoms with van der Waals surface area (Å²) in [5.41, 5.74) is 6.24. The fraction of sp³-hybridized carbons (Fsp3) is 0. The van der Waals surface area contributed by atoms with Gasteiger partial charge in [-0.1, -0.05) is 121 Å². The molecule has 0 saturated carbocycles. The normalized spacial score (nSPS) is 11.8. The van der Waals surface area contributed by atoms with Gasteiger partial charge in [0.05, 0.1) is 28.1 Å². The van der Waals surface area contributed by atoms with Crippen molar-refractivity contribution < 1.29 is 9.47 Å². The molecule has 1 aliphatic heterocycles. The van der Waals surface area contributed by atoms with Crippen molar-refractivity contribution in [3.63, 3.8) is 0 Å². The molecule has 0 bridgehead atoms. The van der Waals surface area contributed by atoms with Gasteiger partial charge in [0, 0.05) is 34.3 Å². The Morgan fingerprint density at radius 2 is 0.788 bits per heavy atom. The first-order valence-electron chi connectivity index (χ1n) is 17.5. The van der Waals surface area contributed by atoms with Gasteiger partial charge < -0.3 is 19.3 Å². The molecular formula is C48H32N2O2. The van der Waals surface area contributed by atoms with Crippen LogP contribution in [0.3, 0.4) is 0 Å². The van der Waals surface area contributed by atoms with Gasteiger partial charge in [-0.05, 0) is 76.8 Å². The fourth-order valence-corrected chi connectivity index (χ4v) is 7.49. The molecule has 52 heavy (non-hydrogen) atoms. The average Bonchev–Trinajstić information content (AvgIpc) is 3.36. The van der Waals surface area contributed by atoms with E-state index in [0.29, 0.717) is 11.5 Å². The van der Waals surface area contributed by atoms with Crippen molar-refractivity contribution in [1.82, 2.24) is 0 Å². The molecule has 246 valence electrons. The van der Waals surface area contributed by atoms with Crippen LogP contribution in [0.25, 0.3) is 32.3 Å². The third-order valence-electron chi connectivity index (χ3n) is 9.81. The van der Waals surface area contributed by atoms with Crippen molar-refractivity contribution in [2.24, 2.45) is 0 Å². The van der Waals surface area contributed by atoms with E-state index in [9.17, 15) is 0 Å². The van der Waals surface area contributed by atoms with Crippen LogP contribution in [0.5, 0.6) is 23.0 Å².